The fraction of sp³-hybridized carbons (Fsp3) is 0.550. The molecule has 5 nitrogen and oxygen atoms in total. The first-order valence-electron chi connectivity index (χ1n) is 9.48. The molecule has 3 aromatic rings. The lowest BCUT2D eigenvalue weighted by molar-refractivity contribution is -0.0411. The third kappa shape index (κ3) is 2.58. The Balaban J connectivity index is 1.68. The Bertz CT molecular complexity index is 996. The highest BCUT2D eigenvalue weighted by molar-refractivity contribution is 7.25. The topological polar surface area (TPSA) is 51.1 Å². The number of anilines is 1. The molecule has 2 aliphatic rings. The molecule has 26 heavy (non-hydrogen) atoms. The Morgan fingerprint density at radius 3 is 3.00 bits per heavy atom. The SMILES string of the molecule is C[C@H]1CCCCN1c1ncnc2c1sc1nc3c(cc12)COC(C)(C)C3. The van der Waals surface area contributed by atoms with E-state index in [1.165, 1.54) is 35.2 Å². The van der Waals surface area contributed by atoms with Crippen LogP contribution in [0.1, 0.15) is 51.3 Å². The van der Waals surface area contributed by atoms with Gasteiger partial charge in [0.05, 0.1) is 28.1 Å². The highest BCUT2D eigenvalue weighted by atomic mass is 32.1. The summed E-state index contributed by atoms with van der Waals surface area (Å²) in [5.74, 6) is 1.08. The van der Waals surface area contributed by atoms with Crippen molar-refractivity contribution in [2.24, 2.45) is 0 Å². The molecular formula is C20H24N4OS. The van der Waals surface area contributed by atoms with Gasteiger partial charge in [-0.15, -0.1) is 11.3 Å². The van der Waals surface area contributed by atoms with Gasteiger partial charge in [-0.2, -0.15) is 0 Å². The first kappa shape index (κ1) is 16.4. The molecule has 0 unspecified atom stereocenters. The summed E-state index contributed by atoms with van der Waals surface area (Å²) in [6, 6.07) is 2.77. The molecule has 0 spiro atoms. The normalized spacial score (nSPS) is 22.7. The van der Waals surface area contributed by atoms with Gasteiger partial charge in [0.25, 0.3) is 0 Å². The van der Waals surface area contributed by atoms with Crippen LogP contribution in [0.25, 0.3) is 20.4 Å². The van der Waals surface area contributed by atoms with Gasteiger partial charge in [0.15, 0.2) is 0 Å². The van der Waals surface area contributed by atoms with Crippen molar-refractivity contribution < 1.29 is 4.74 Å². The van der Waals surface area contributed by atoms with Crippen LogP contribution in [-0.4, -0.2) is 33.1 Å². The maximum absolute atomic E-state index is 5.98. The Morgan fingerprint density at radius 1 is 1.27 bits per heavy atom. The van der Waals surface area contributed by atoms with Crippen LogP contribution in [0.5, 0.6) is 0 Å². The molecule has 0 radical (unpaired) electrons. The zero-order valence-electron chi connectivity index (χ0n) is 15.6. The molecule has 3 aromatic heterocycles. The van der Waals surface area contributed by atoms with Crippen LogP contribution in [0.4, 0.5) is 5.82 Å². The highest BCUT2D eigenvalue weighted by Crippen LogP contribution is 2.40. The average Bonchev–Trinajstić information content (AvgIpc) is 2.97. The van der Waals surface area contributed by atoms with Crippen LogP contribution < -0.4 is 4.90 Å². The second-order valence-electron chi connectivity index (χ2n) is 8.19. The largest absolute Gasteiger partial charge is 0.370 e. The predicted octanol–water partition coefficient (Wildman–Crippen LogP) is 4.47. The molecule has 1 fully saturated rings. The molecule has 0 saturated carbocycles. The molecule has 0 aliphatic carbocycles. The van der Waals surface area contributed by atoms with Gasteiger partial charge in [0, 0.05) is 30.0 Å². The fourth-order valence-corrected chi connectivity index (χ4v) is 5.33. The average molecular weight is 369 g/mol. The lowest BCUT2D eigenvalue weighted by Gasteiger charge is -2.34. The number of pyridine rings is 1. The number of thiophene rings is 1. The van der Waals surface area contributed by atoms with E-state index in [-0.39, 0.29) is 5.60 Å². The molecule has 0 amide bonds. The molecule has 5 rings (SSSR count). The van der Waals surface area contributed by atoms with Crippen molar-refractivity contribution in [3.63, 3.8) is 0 Å². The molecular weight excluding hydrogens is 344 g/mol. The summed E-state index contributed by atoms with van der Waals surface area (Å²) in [7, 11) is 0. The fourth-order valence-electron chi connectivity index (χ4n) is 4.19. The number of rotatable bonds is 1. The lowest BCUT2D eigenvalue weighted by Crippen LogP contribution is -2.38. The zero-order chi connectivity index (χ0) is 17.9. The number of piperidine rings is 1. The van der Waals surface area contributed by atoms with Gasteiger partial charge in [0.1, 0.15) is 17.0 Å². The second-order valence-corrected chi connectivity index (χ2v) is 9.19. The van der Waals surface area contributed by atoms with E-state index < -0.39 is 0 Å². The van der Waals surface area contributed by atoms with E-state index in [2.05, 4.69) is 41.7 Å². The van der Waals surface area contributed by atoms with Crippen LogP contribution in [0.2, 0.25) is 0 Å². The molecule has 0 aromatic carbocycles. The monoisotopic (exact) mass is 368 g/mol. The minimum Gasteiger partial charge on any atom is -0.370 e. The number of fused-ring (bicyclic) bond motifs is 4. The quantitative estimate of drug-likeness (QED) is 0.634. The summed E-state index contributed by atoms with van der Waals surface area (Å²) in [5.41, 5.74) is 3.26. The minimum absolute atomic E-state index is 0.140. The number of aromatic nitrogens is 3. The number of hydrogen-bond donors (Lipinski definition) is 0. The third-order valence-corrected chi connectivity index (χ3v) is 6.77. The van der Waals surface area contributed by atoms with Crippen molar-refractivity contribution in [3.05, 3.63) is 23.7 Å². The highest BCUT2D eigenvalue weighted by Gasteiger charge is 2.29. The van der Waals surface area contributed by atoms with Gasteiger partial charge in [-0.25, -0.2) is 15.0 Å². The molecule has 1 saturated heterocycles. The summed E-state index contributed by atoms with van der Waals surface area (Å²) in [5, 5.41) is 1.14. The maximum atomic E-state index is 5.98. The van der Waals surface area contributed by atoms with E-state index >= 15 is 0 Å². The van der Waals surface area contributed by atoms with Crippen LogP contribution in [0, 0.1) is 0 Å². The lowest BCUT2D eigenvalue weighted by atomic mass is 9.95. The zero-order valence-corrected chi connectivity index (χ0v) is 16.4. The van der Waals surface area contributed by atoms with Gasteiger partial charge in [-0.1, -0.05) is 0 Å². The van der Waals surface area contributed by atoms with Crippen molar-refractivity contribution in [2.75, 3.05) is 11.4 Å². The van der Waals surface area contributed by atoms with Crippen LogP contribution in [0.3, 0.4) is 0 Å². The van der Waals surface area contributed by atoms with Crippen molar-refractivity contribution in [2.45, 2.75) is 64.7 Å². The van der Waals surface area contributed by atoms with E-state index in [0.717, 1.165) is 34.5 Å². The van der Waals surface area contributed by atoms with E-state index in [0.29, 0.717) is 12.6 Å². The summed E-state index contributed by atoms with van der Waals surface area (Å²) in [4.78, 5) is 17.8. The maximum Gasteiger partial charge on any atom is 0.150 e. The first-order chi connectivity index (χ1) is 12.5. The van der Waals surface area contributed by atoms with E-state index in [1.54, 1.807) is 17.7 Å². The standard InChI is InChI=1S/C20H24N4OS/c1-12-6-4-5-7-24(12)18-17-16(21-11-22-18)14-8-13-10-25-20(2,3)9-15(13)23-19(14)26-17/h8,11-12H,4-7,9-10H2,1-3H3/t12-/m0/s1. The van der Waals surface area contributed by atoms with Crippen molar-refractivity contribution in [3.8, 4) is 0 Å². The van der Waals surface area contributed by atoms with Gasteiger partial charge in [-0.05, 0) is 46.1 Å². The van der Waals surface area contributed by atoms with Gasteiger partial charge >= 0.3 is 0 Å². The summed E-state index contributed by atoms with van der Waals surface area (Å²) >= 11 is 1.74. The van der Waals surface area contributed by atoms with Crippen molar-refractivity contribution >= 4 is 37.6 Å². The molecule has 2 aliphatic heterocycles. The number of hydrogen-bond acceptors (Lipinski definition) is 6. The molecule has 0 N–H and O–H groups in total. The molecule has 5 heterocycles. The molecule has 0 bridgehead atoms. The van der Waals surface area contributed by atoms with Crippen molar-refractivity contribution in [1.29, 1.82) is 0 Å². The first-order valence-corrected chi connectivity index (χ1v) is 10.3. The van der Waals surface area contributed by atoms with E-state index in [9.17, 15) is 0 Å². The number of nitrogens with zero attached hydrogens (tertiary/aromatic N) is 4. The van der Waals surface area contributed by atoms with Gasteiger partial charge < -0.3 is 9.64 Å². The minimum atomic E-state index is -0.140. The smallest absolute Gasteiger partial charge is 0.150 e. The molecule has 1 atom stereocenters. The van der Waals surface area contributed by atoms with E-state index in [1.807, 2.05) is 0 Å². The van der Waals surface area contributed by atoms with Crippen LogP contribution >= 0.6 is 11.3 Å². The van der Waals surface area contributed by atoms with Crippen LogP contribution in [0.15, 0.2) is 12.4 Å². The Hall–Kier alpha value is -1.79. The van der Waals surface area contributed by atoms with Gasteiger partial charge in [-0.3, -0.25) is 0 Å². The summed E-state index contributed by atoms with van der Waals surface area (Å²) < 4.78 is 7.16. The Morgan fingerprint density at radius 2 is 2.15 bits per heavy atom. The Kier molecular flexibility index (Phi) is 3.69. The second kappa shape index (κ2) is 5.86. The summed E-state index contributed by atoms with van der Waals surface area (Å²) in [6.45, 7) is 8.27. The molecule has 6 heteroatoms. The predicted molar refractivity (Wildman–Crippen MR) is 106 cm³/mol. The summed E-state index contributed by atoms with van der Waals surface area (Å²) in [6.07, 6.45) is 6.34. The van der Waals surface area contributed by atoms with Gasteiger partial charge in [0.2, 0.25) is 0 Å². The number of ether oxygens (including phenoxy) is 1. The van der Waals surface area contributed by atoms with Crippen LogP contribution in [-0.2, 0) is 17.8 Å². The Labute approximate surface area is 157 Å². The van der Waals surface area contributed by atoms with E-state index in [4.69, 9.17) is 9.72 Å². The van der Waals surface area contributed by atoms with Crippen molar-refractivity contribution in [1.82, 2.24) is 15.0 Å². The molecule has 136 valence electrons. The third-order valence-electron chi connectivity index (χ3n) is 5.68.